The van der Waals surface area contributed by atoms with Crippen LogP contribution >= 0.6 is 0 Å². The van der Waals surface area contributed by atoms with E-state index in [4.69, 9.17) is 0 Å². The van der Waals surface area contributed by atoms with Crippen molar-refractivity contribution in [2.45, 2.75) is 152 Å². The zero-order chi connectivity index (χ0) is 38.9. The molecule has 0 unspecified atom stereocenters. The van der Waals surface area contributed by atoms with Gasteiger partial charge in [-0.25, -0.2) is 4.98 Å². The van der Waals surface area contributed by atoms with Crippen LogP contribution in [0.1, 0.15) is 166 Å². The van der Waals surface area contributed by atoms with Gasteiger partial charge in [-0.05, 0) is 146 Å². The van der Waals surface area contributed by atoms with Crippen LogP contribution in [0, 0.1) is 106 Å². The molecule has 0 radical (unpaired) electrons. The predicted octanol–water partition coefficient (Wildman–Crippen LogP) is 11.5. The quantitative estimate of drug-likeness (QED) is 0.259. The number of benzene rings is 1. The lowest BCUT2D eigenvalue weighted by Crippen LogP contribution is -2.23. The van der Waals surface area contributed by atoms with E-state index >= 15 is 0 Å². The van der Waals surface area contributed by atoms with Gasteiger partial charge in [-0.1, -0.05) is 62.3 Å². The summed E-state index contributed by atoms with van der Waals surface area (Å²) in [5.41, 5.74) is 15.8. The normalized spacial score (nSPS) is 11.7. The number of hydrogen-bond acceptors (Lipinski definition) is 5. The van der Waals surface area contributed by atoms with Crippen molar-refractivity contribution < 1.29 is 14.4 Å². The van der Waals surface area contributed by atoms with E-state index < -0.39 is 0 Å². The highest BCUT2D eigenvalue weighted by Gasteiger charge is 2.29. The summed E-state index contributed by atoms with van der Waals surface area (Å²) < 4.78 is 0. The molecule has 0 saturated heterocycles. The van der Waals surface area contributed by atoms with Gasteiger partial charge in [0.15, 0.2) is 17.3 Å². The van der Waals surface area contributed by atoms with Crippen molar-refractivity contribution >= 4 is 17.3 Å². The molecule has 1 aromatic carbocycles. The van der Waals surface area contributed by atoms with E-state index in [1.807, 2.05) is 104 Å². The Morgan fingerprint density at radius 1 is 0.327 bits per heavy atom. The molecule has 0 aliphatic heterocycles. The molecule has 5 heteroatoms. The van der Waals surface area contributed by atoms with Gasteiger partial charge in [-0.3, -0.25) is 19.4 Å². The molecule has 0 aliphatic carbocycles. The molecular formula is C44H66N2O3. The maximum absolute atomic E-state index is 12.5. The van der Waals surface area contributed by atoms with E-state index in [-0.39, 0.29) is 33.6 Å². The van der Waals surface area contributed by atoms with Gasteiger partial charge in [0.05, 0.1) is 0 Å². The van der Waals surface area contributed by atoms with Crippen molar-refractivity contribution in [3.8, 4) is 0 Å². The molecule has 0 fully saturated rings. The van der Waals surface area contributed by atoms with E-state index in [0.29, 0.717) is 5.69 Å². The number of carbonyl (C=O) groups excluding carboxylic acids is 3. The largest absolute Gasteiger partial charge is 0.294 e. The number of Topliss-reactive ketones (excluding diaryl/α,β-unsaturated/α-hetero) is 3. The van der Waals surface area contributed by atoms with Gasteiger partial charge < -0.3 is 0 Å². The Labute approximate surface area is 299 Å². The minimum atomic E-state index is -0.369. The van der Waals surface area contributed by atoms with Crippen LogP contribution in [0.3, 0.4) is 0 Å². The van der Waals surface area contributed by atoms with Crippen LogP contribution in [0.25, 0.3) is 0 Å². The second kappa shape index (κ2) is 15.6. The molecule has 270 valence electrons. The molecule has 5 nitrogen and oxygen atoms in total. The van der Waals surface area contributed by atoms with E-state index in [9.17, 15) is 14.4 Å². The number of carbonyl (C=O) groups is 3. The summed E-state index contributed by atoms with van der Waals surface area (Å²) in [7, 11) is 0. The number of pyridine rings is 2. The first kappa shape index (κ1) is 43.6. The Balaban J connectivity index is 0.000000368. The minimum Gasteiger partial charge on any atom is -0.294 e. The van der Waals surface area contributed by atoms with Crippen LogP contribution < -0.4 is 0 Å². The van der Waals surface area contributed by atoms with Crippen LogP contribution in [-0.2, 0) is 0 Å². The van der Waals surface area contributed by atoms with Crippen molar-refractivity contribution in [2.75, 3.05) is 0 Å². The van der Waals surface area contributed by atoms with Gasteiger partial charge in [0.1, 0.15) is 5.69 Å². The summed E-state index contributed by atoms with van der Waals surface area (Å²) in [6, 6.07) is 0. The zero-order valence-electron chi connectivity index (χ0n) is 35.1. The number of ketones is 3. The lowest BCUT2D eigenvalue weighted by molar-refractivity contribution is 0.0847. The van der Waals surface area contributed by atoms with E-state index in [0.717, 1.165) is 56.0 Å². The number of hydrogen-bond donors (Lipinski definition) is 0. The predicted molar refractivity (Wildman–Crippen MR) is 208 cm³/mol. The maximum atomic E-state index is 12.5. The lowest BCUT2D eigenvalue weighted by Gasteiger charge is -2.23. The van der Waals surface area contributed by atoms with Crippen LogP contribution in [0.5, 0.6) is 0 Å². The van der Waals surface area contributed by atoms with Gasteiger partial charge in [0, 0.05) is 44.5 Å². The lowest BCUT2D eigenvalue weighted by atomic mass is 9.79. The molecule has 0 amide bonds. The third-order valence-corrected chi connectivity index (χ3v) is 10.2. The SMILES string of the molecule is Cc1c(C)c(C)c(C(=O)C(C)(C)C)c(C)c1C.Cc1nc(C(=O)C(C)(C)C)c(C)c(C)c1C.Cc1nc(C)c(C(=O)C(C)(C)C)c(C)c1C. The molecule has 0 N–H and O–H groups in total. The summed E-state index contributed by atoms with van der Waals surface area (Å²) in [4.78, 5) is 46.0. The van der Waals surface area contributed by atoms with Crippen LogP contribution in [0.4, 0.5) is 0 Å². The summed E-state index contributed by atoms with van der Waals surface area (Å²) in [5.74, 6) is 0.549. The molecule has 0 bridgehead atoms. The van der Waals surface area contributed by atoms with Gasteiger partial charge in [0.25, 0.3) is 0 Å². The van der Waals surface area contributed by atoms with Gasteiger partial charge >= 0.3 is 0 Å². The van der Waals surface area contributed by atoms with Gasteiger partial charge in [0.2, 0.25) is 0 Å². The Morgan fingerprint density at radius 2 is 0.612 bits per heavy atom. The fourth-order valence-electron chi connectivity index (χ4n) is 5.69. The second-order valence-electron chi connectivity index (χ2n) is 17.1. The Kier molecular flexibility index (Phi) is 13.9. The van der Waals surface area contributed by atoms with E-state index in [1.54, 1.807) is 0 Å². The van der Waals surface area contributed by atoms with Crippen molar-refractivity contribution in [2.24, 2.45) is 16.2 Å². The molecule has 0 spiro atoms. The highest BCUT2D eigenvalue weighted by atomic mass is 16.1. The van der Waals surface area contributed by atoms with Crippen LogP contribution in [0.15, 0.2) is 0 Å². The standard InChI is InChI=1S/C16H24O.2C14H21NO/c1-9-10(2)12(4)14(13(5)11(9)3)15(17)16(6,7)8;1-8-9(2)12(11(4)15-10(8)3)13(16)14(5,6)7;1-8-9(2)11(4)15-12(10(8)3)13(16)14(5,6)7/h1-8H3;2*1-7H3. The van der Waals surface area contributed by atoms with Gasteiger partial charge in [-0.15, -0.1) is 0 Å². The first-order valence-corrected chi connectivity index (χ1v) is 17.5. The molecular weight excluding hydrogens is 604 g/mol. The summed E-state index contributed by atoms with van der Waals surface area (Å²) in [6.45, 7) is 44.1. The highest BCUT2D eigenvalue weighted by molar-refractivity contribution is 6.03. The maximum Gasteiger partial charge on any atom is 0.186 e. The molecule has 0 saturated carbocycles. The monoisotopic (exact) mass is 671 g/mol. The van der Waals surface area contributed by atoms with Crippen molar-refractivity contribution in [3.63, 3.8) is 0 Å². The average Bonchev–Trinajstić information content (AvgIpc) is 2.97. The Bertz CT molecular complexity index is 1740. The van der Waals surface area contributed by atoms with Crippen LogP contribution in [-0.4, -0.2) is 27.3 Å². The number of aromatic nitrogens is 2. The Hall–Kier alpha value is -3.47. The van der Waals surface area contributed by atoms with E-state index in [1.165, 1.54) is 27.8 Å². The number of rotatable bonds is 3. The first-order valence-electron chi connectivity index (χ1n) is 17.5. The van der Waals surface area contributed by atoms with Crippen molar-refractivity contribution in [3.05, 3.63) is 89.5 Å². The topological polar surface area (TPSA) is 77.0 Å². The smallest absolute Gasteiger partial charge is 0.186 e. The Morgan fingerprint density at radius 3 is 1.00 bits per heavy atom. The molecule has 0 aliphatic rings. The summed E-state index contributed by atoms with van der Waals surface area (Å²) in [6.07, 6.45) is 0. The van der Waals surface area contributed by atoms with Crippen LogP contribution in [0.2, 0.25) is 0 Å². The molecule has 3 aromatic rings. The third-order valence-electron chi connectivity index (χ3n) is 10.2. The first-order chi connectivity index (χ1) is 21.9. The molecule has 0 atom stereocenters. The fourth-order valence-corrected chi connectivity index (χ4v) is 5.69. The fraction of sp³-hybridized carbons (Fsp3) is 0.568. The molecule has 2 aromatic heterocycles. The summed E-state index contributed by atoms with van der Waals surface area (Å²) in [5, 5.41) is 0. The highest BCUT2D eigenvalue weighted by Crippen LogP contribution is 2.32. The van der Waals surface area contributed by atoms with Gasteiger partial charge in [-0.2, -0.15) is 0 Å². The number of nitrogens with zero attached hydrogens (tertiary/aromatic N) is 2. The average molecular weight is 671 g/mol. The molecule has 3 rings (SSSR count). The second-order valence-corrected chi connectivity index (χ2v) is 17.1. The number of aryl methyl sites for hydroxylation is 3. The minimum absolute atomic E-state index is 0.121. The molecule has 2 heterocycles. The van der Waals surface area contributed by atoms with Crippen molar-refractivity contribution in [1.82, 2.24) is 9.97 Å². The zero-order valence-corrected chi connectivity index (χ0v) is 35.1. The molecule has 49 heavy (non-hydrogen) atoms. The van der Waals surface area contributed by atoms with Crippen molar-refractivity contribution in [1.29, 1.82) is 0 Å². The van der Waals surface area contributed by atoms with E-state index in [2.05, 4.69) is 58.4 Å². The summed E-state index contributed by atoms with van der Waals surface area (Å²) >= 11 is 0. The third kappa shape index (κ3) is 9.83.